The number of amides is 1. The number of aliphatic carboxylic acids is 2. The topological polar surface area (TPSA) is 184 Å². The number of carboxylic acid groups (broad SMARTS) is 2. The van der Waals surface area contributed by atoms with Crippen LogP contribution in [-0.2, 0) is 81.9 Å². The van der Waals surface area contributed by atoms with Gasteiger partial charge >= 0.3 is 11.9 Å². The van der Waals surface area contributed by atoms with E-state index in [4.69, 9.17) is 34.0 Å². The molecule has 1 amide bonds. The first-order valence-electron chi connectivity index (χ1n) is 28.6. The zero-order valence-electron chi connectivity index (χ0n) is 54.3. The van der Waals surface area contributed by atoms with Crippen LogP contribution in [-0.4, -0.2) is 81.6 Å². The number of carboxylic acids is 2. The molecule has 0 heterocycles. The minimum absolute atomic E-state index is 0. The number of methoxy groups -OCH3 is 3. The highest BCUT2D eigenvalue weighted by atomic mass is 16.5. The summed E-state index contributed by atoms with van der Waals surface area (Å²) in [5.74, 6) is -2.13. The third kappa shape index (κ3) is 79.9. The molecule has 0 aromatic heterocycles. The van der Waals surface area contributed by atoms with E-state index in [-0.39, 0.29) is 32.7 Å². The van der Waals surface area contributed by atoms with E-state index in [1.54, 1.807) is 54.4 Å². The number of carbonyl (C=O) groups is 5. The van der Waals surface area contributed by atoms with Gasteiger partial charge in [0.25, 0.3) is 17.8 Å². The molecule has 7 aromatic rings. The molecule has 0 saturated heterocycles. The lowest BCUT2D eigenvalue weighted by Crippen LogP contribution is -2.17. The van der Waals surface area contributed by atoms with E-state index in [9.17, 15) is 14.4 Å². The van der Waals surface area contributed by atoms with Gasteiger partial charge in [0.2, 0.25) is 0 Å². The Morgan fingerprint density at radius 2 is 0.517 bits per heavy atom. The van der Waals surface area contributed by atoms with Crippen molar-refractivity contribution in [3.63, 3.8) is 0 Å². The van der Waals surface area contributed by atoms with Gasteiger partial charge in [-0.25, -0.2) is 0 Å². The van der Waals surface area contributed by atoms with E-state index in [0.717, 1.165) is 33.1 Å². The number of aryl methyl sites for hydroxylation is 3. The SMILES string of the molecule is C.C.CC.CC.CC(=O)O.CC(=O)O.CCOC(C)=O.CCOC(C)=O.CCc1ccccc1.CCc1ccccc1.CCc1ccccc1.CNC(=O)c1ccccc1.COCc1ccccc1.COCc1ccccc1.COCc1ccccc1. The zero-order valence-corrected chi connectivity index (χ0v) is 54.3. The molecule has 0 bridgehead atoms. The average Bonchev–Trinajstić information content (AvgIpc) is 3.55. The summed E-state index contributed by atoms with van der Waals surface area (Å²) in [4.78, 5) is 48.5. The molecule has 0 unspecified atom stereocenters. The van der Waals surface area contributed by atoms with E-state index in [1.165, 1.54) is 47.2 Å². The molecule has 0 saturated carbocycles. The Morgan fingerprint density at radius 1 is 0.345 bits per heavy atom. The molecule has 13 heteroatoms. The predicted octanol–water partition coefficient (Wildman–Crippen LogP) is 17.9. The van der Waals surface area contributed by atoms with Gasteiger partial charge in [-0.3, -0.25) is 24.0 Å². The Labute approximate surface area is 527 Å². The second kappa shape index (κ2) is 77.8. The standard InChI is InChI=1S/C8H9NO.3C8H10O.3C8H10.2C4H8O2.2C2H4O2.2C2H6.2CH4/c1-9-8(10)7-5-3-2-4-6-7;3*1-9-7-8-5-3-2-4-6-8;3*1-2-8-6-4-3-5-7-8;2*1-3-6-4(2)5;2*1-2(3)4;2*1-2;;/h2-6H,1H3,(H,9,10);3*2-6H,7H2,1H3;3*3-7H,2H2,1H3;2*3H2,1-2H3;2*1H3,(H,3,4);2*1-2H3;2*1H4. The number of nitrogens with one attached hydrogen (secondary N) is 1. The summed E-state index contributed by atoms with van der Waals surface area (Å²) in [6, 6.07) is 70.8. The van der Waals surface area contributed by atoms with Crippen molar-refractivity contribution < 1.29 is 57.9 Å². The van der Waals surface area contributed by atoms with Crippen LogP contribution in [0.5, 0.6) is 0 Å². The molecular formula is C74H113NO12. The smallest absolute Gasteiger partial charge is 0.302 e. The van der Waals surface area contributed by atoms with Crippen LogP contribution in [0.2, 0.25) is 0 Å². The average molecular weight is 1210 g/mol. The van der Waals surface area contributed by atoms with Crippen molar-refractivity contribution in [1.29, 1.82) is 0 Å². The maximum Gasteiger partial charge on any atom is 0.302 e. The number of rotatable bonds is 12. The normalized spacial score (nSPS) is 8.24. The number of benzene rings is 7. The van der Waals surface area contributed by atoms with Crippen molar-refractivity contribution >= 4 is 29.8 Å². The van der Waals surface area contributed by atoms with Gasteiger partial charge in [0.15, 0.2) is 0 Å². The van der Waals surface area contributed by atoms with Crippen LogP contribution < -0.4 is 5.32 Å². The predicted molar refractivity (Wildman–Crippen MR) is 366 cm³/mol. The molecule has 7 rings (SSSR count). The molecule has 0 radical (unpaired) electrons. The van der Waals surface area contributed by atoms with Gasteiger partial charge < -0.3 is 39.2 Å². The minimum atomic E-state index is -0.833. The second-order valence-corrected chi connectivity index (χ2v) is 16.1. The monoisotopic (exact) mass is 1210 g/mol. The van der Waals surface area contributed by atoms with Gasteiger partial charge in [-0.15, -0.1) is 0 Å². The quantitative estimate of drug-likeness (QED) is 0.0986. The van der Waals surface area contributed by atoms with Crippen molar-refractivity contribution in [2.24, 2.45) is 0 Å². The first kappa shape index (κ1) is 95.1. The summed E-state index contributed by atoms with van der Waals surface area (Å²) in [5, 5.41) is 17.4. The fraction of sp³-hybridized carbons (Fsp3) is 0.365. The van der Waals surface area contributed by atoms with E-state index in [2.05, 4.69) is 108 Å². The molecule has 0 atom stereocenters. The van der Waals surface area contributed by atoms with Crippen molar-refractivity contribution in [2.75, 3.05) is 41.6 Å². The van der Waals surface area contributed by atoms with Crippen molar-refractivity contribution in [3.05, 3.63) is 251 Å². The Kier molecular flexibility index (Phi) is 85.0. The summed E-state index contributed by atoms with van der Waals surface area (Å²) >= 11 is 0. The van der Waals surface area contributed by atoms with Gasteiger partial charge in [0, 0.05) is 61.6 Å². The largest absolute Gasteiger partial charge is 0.481 e. The van der Waals surface area contributed by atoms with Gasteiger partial charge in [0.1, 0.15) is 0 Å². The van der Waals surface area contributed by atoms with Crippen LogP contribution in [0.1, 0.15) is 149 Å². The highest BCUT2D eigenvalue weighted by Gasteiger charge is 1.98. The first-order valence-corrected chi connectivity index (χ1v) is 28.6. The molecule has 0 aliphatic rings. The van der Waals surface area contributed by atoms with Gasteiger partial charge in [-0.1, -0.05) is 264 Å². The maximum absolute atomic E-state index is 10.9. The lowest BCUT2D eigenvalue weighted by molar-refractivity contribution is -0.141. The molecule has 3 N–H and O–H groups in total. The number of carbonyl (C=O) groups excluding carboxylic acids is 3. The van der Waals surface area contributed by atoms with Crippen LogP contribution in [0.25, 0.3) is 0 Å². The van der Waals surface area contributed by atoms with E-state index in [1.807, 2.05) is 155 Å². The van der Waals surface area contributed by atoms with Crippen molar-refractivity contribution in [2.45, 2.75) is 144 Å². The second-order valence-electron chi connectivity index (χ2n) is 16.1. The maximum atomic E-state index is 10.9. The molecular weight excluding hydrogens is 1090 g/mol. The summed E-state index contributed by atoms with van der Waals surface area (Å²) in [6.07, 6.45) is 3.42. The Bertz CT molecular complexity index is 2220. The van der Waals surface area contributed by atoms with Crippen LogP contribution in [0.3, 0.4) is 0 Å². The molecule has 486 valence electrons. The lowest BCUT2D eigenvalue weighted by atomic mass is 10.2. The zero-order chi connectivity index (χ0) is 65.6. The minimum Gasteiger partial charge on any atom is -0.481 e. The molecule has 0 fully saturated rings. The highest BCUT2D eigenvalue weighted by Crippen LogP contribution is 2.02. The summed E-state index contributed by atoms with van der Waals surface area (Å²) in [7, 11) is 6.72. The number of hydrogen-bond donors (Lipinski definition) is 3. The van der Waals surface area contributed by atoms with Crippen LogP contribution in [0.4, 0.5) is 0 Å². The molecule has 87 heavy (non-hydrogen) atoms. The first-order chi connectivity index (χ1) is 40.9. The fourth-order valence-corrected chi connectivity index (χ4v) is 5.50. The number of esters is 2. The third-order valence-electron chi connectivity index (χ3n) is 9.17. The van der Waals surface area contributed by atoms with Crippen LogP contribution >= 0.6 is 0 Å². The molecule has 0 aliphatic carbocycles. The summed E-state index contributed by atoms with van der Waals surface area (Å²) < 4.78 is 23.6. The van der Waals surface area contributed by atoms with Gasteiger partial charge in [0.05, 0.1) is 33.0 Å². The van der Waals surface area contributed by atoms with E-state index < -0.39 is 11.9 Å². The summed E-state index contributed by atoms with van der Waals surface area (Å²) in [5.41, 5.74) is 8.59. The van der Waals surface area contributed by atoms with Crippen LogP contribution in [0.15, 0.2) is 212 Å². The van der Waals surface area contributed by atoms with Crippen molar-refractivity contribution in [1.82, 2.24) is 5.32 Å². The molecule has 0 spiro atoms. The van der Waals surface area contributed by atoms with Gasteiger partial charge in [-0.2, -0.15) is 0 Å². The molecule has 7 aromatic carbocycles. The number of ether oxygens (including phenoxy) is 5. The highest BCUT2D eigenvalue weighted by molar-refractivity contribution is 5.93. The fourth-order valence-electron chi connectivity index (χ4n) is 5.50. The Morgan fingerprint density at radius 3 is 0.632 bits per heavy atom. The summed E-state index contributed by atoms with van der Waals surface area (Å²) in [6.45, 7) is 26.1. The Hall–Kier alpha value is -8.23. The van der Waals surface area contributed by atoms with E-state index in [0.29, 0.717) is 38.6 Å². The van der Waals surface area contributed by atoms with Gasteiger partial charge in [-0.05, 0) is 78.6 Å². The third-order valence-corrected chi connectivity index (χ3v) is 9.17. The molecule has 13 nitrogen and oxygen atoms in total. The Balaban J connectivity index is -0.000000132. The number of hydrogen-bond acceptors (Lipinski definition) is 10. The van der Waals surface area contributed by atoms with E-state index >= 15 is 0 Å². The molecule has 0 aliphatic heterocycles. The van der Waals surface area contributed by atoms with Crippen LogP contribution in [0, 0.1) is 0 Å². The van der Waals surface area contributed by atoms with Crippen molar-refractivity contribution in [3.8, 4) is 0 Å². The lowest BCUT2D eigenvalue weighted by Gasteiger charge is -1.96.